The maximum absolute atomic E-state index is 11.0. The number of esters is 1. The molecule has 0 bridgehead atoms. The number of aromatic hydroxyl groups is 2. The van der Waals surface area contributed by atoms with Crippen molar-refractivity contribution < 1.29 is 19.7 Å². The Morgan fingerprint density at radius 2 is 1.92 bits per heavy atom. The van der Waals surface area contributed by atoms with Crippen molar-refractivity contribution in [3.8, 4) is 11.5 Å². The minimum absolute atomic E-state index is 0.0365. The Morgan fingerprint density at radius 3 is 2.46 bits per heavy atom. The first-order chi connectivity index (χ1) is 6.07. The molecule has 0 spiro atoms. The Kier molecular flexibility index (Phi) is 2.41. The fraction of sp³-hybridized carbons (Fsp3) is 0.222. The third-order valence-electron chi connectivity index (χ3n) is 1.76. The highest BCUT2D eigenvalue weighted by molar-refractivity contribution is 5.93. The SMILES string of the molecule is COC(=O)c1ccc(C)c(O)c1O. The molecule has 0 unspecified atom stereocenters. The lowest BCUT2D eigenvalue weighted by atomic mass is 10.1. The quantitative estimate of drug-likeness (QED) is 0.505. The van der Waals surface area contributed by atoms with Gasteiger partial charge in [-0.15, -0.1) is 0 Å². The molecular weight excluding hydrogens is 172 g/mol. The first-order valence-corrected chi connectivity index (χ1v) is 3.67. The third-order valence-corrected chi connectivity index (χ3v) is 1.76. The van der Waals surface area contributed by atoms with Gasteiger partial charge in [-0.3, -0.25) is 0 Å². The summed E-state index contributed by atoms with van der Waals surface area (Å²) in [6, 6.07) is 2.93. The topological polar surface area (TPSA) is 66.8 Å². The Balaban J connectivity index is 3.26. The van der Waals surface area contributed by atoms with Crippen LogP contribution in [0.15, 0.2) is 12.1 Å². The molecule has 0 aromatic heterocycles. The van der Waals surface area contributed by atoms with Gasteiger partial charge in [-0.1, -0.05) is 6.07 Å². The van der Waals surface area contributed by atoms with Gasteiger partial charge < -0.3 is 14.9 Å². The number of benzene rings is 1. The maximum atomic E-state index is 11.0. The molecule has 0 aliphatic rings. The molecule has 0 aliphatic carbocycles. The molecule has 0 heterocycles. The molecule has 70 valence electrons. The van der Waals surface area contributed by atoms with Crippen molar-refractivity contribution in [2.45, 2.75) is 6.92 Å². The van der Waals surface area contributed by atoms with Crippen molar-refractivity contribution in [1.82, 2.24) is 0 Å². The van der Waals surface area contributed by atoms with E-state index in [1.807, 2.05) is 0 Å². The van der Waals surface area contributed by atoms with E-state index in [0.717, 1.165) is 0 Å². The van der Waals surface area contributed by atoms with Crippen LogP contribution in [0.4, 0.5) is 0 Å². The second-order valence-electron chi connectivity index (χ2n) is 2.62. The van der Waals surface area contributed by atoms with Crippen LogP contribution in [-0.2, 0) is 4.74 Å². The molecule has 0 saturated heterocycles. The lowest BCUT2D eigenvalue weighted by Crippen LogP contribution is -2.01. The zero-order valence-electron chi connectivity index (χ0n) is 7.37. The summed E-state index contributed by atoms with van der Waals surface area (Å²) in [6.07, 6.45) is 0. The van der Waals surface area contributed by atoms with Gasteiger partial charge in [0.1, 0.15) is 5.56 Å². The number of aryl methyl sites for hydroxylation is 1. The van der Waals surface area contributed by atoms with Gasteiger partial charge in [0.2, 0.25) is 0 Å². The van der Waals surface area contributed by atoms with Crippen LogP contribution in [-0.4, -0.2) is 23.3 Å². The fourth-order valence-corrected chi connectivity index (χ4v) is 0.955. The first kappa shape index (κ1) is 9.38. The number of phenolic OH excluding ortho intramolecular Hbond substituents is 2. The molecule has 1 aromatic rings. The summed E-state index contributed by atoms with van der Waals surface area (Å²) in [4.78, 5) is 11.0. The standard InChI is InChI=1S/C9H10O4/c1-5-3-4-6(9(12)13-2)8(11)7(5)10/h3-4,10-11H,1-2H3. The zero-order valence-corrected chi connectivity index (χ0v) is 7.37. The number of hydrogen-bond acceptors (Lipinski definition) is 4. The van der Waals surface area contributed by atoms with E-state index < -0.39 is 11.7 Å². The summed E-state index contributed by atoms with van der Waals surface area (Å²) in [7, 11) is 1.21. The Labute approximate surface area is 75.4 Å². The van der Waals surface area contributed by atoms with Crippen LogP contribution in [0.2, 0.25) is 0 Å². The molecule has 0 saturated carbocycles. The second-order valence-corrected chi connectivity index (χ2v) is 2.62. The lowest BCUT2D eigenvalue weighted by molar-refractivity contribution is 0.0596. The molecule has 4 heteroatoms. The number of carbonyl (C=O) groups excluding carboxylic acids is 1. The molecule has 1 rings (SSSR count). The minimum atomic E-state index is -0.673. The summed E-state index contributed by atoms with van der Waals surface area (Å²) in [5.74, 6) is -1.40. The van der Waals surface area contributed by atoms with Crippen LogP contribution in [0, 0.1) is 6.92 Å². The van der Waals surface area contributed by atoms with Crippen LogP contribution in [0.25, 0.3) is 0 Å². The van der Waals surface area contributed by atoms with Crippen molar-refractivity contribution in [2.75, 3.05) is 7.11 Å². The highest BCUT2D eigenvalue weighted by Gasteiger charge is 2.15. The Bertz CT molecular complexity index is 344. The summed E-state index contributed by atoms with van der Waals surface area (Å²) >= 11 is 0. The van der Waals surface area contributed by atoms with Gasteiger partial charge in [0.05, 0.1) is 7.11 Å². The molecule has 1 aromatic carbocycles. The Hall–Kier alpha value is -1.71. The highest BCUT2D eigenvalue weighted by atomic mass is 16.5. The van der Waals surface area contributed by atoms with E-state index in [1.54, 1.807) is 6.92 Å². The third kappa shape index (κ3) is 1.56. The molecular formula is C9H10O4. The summed E-state index contributed by atoms with van der Waals surface area (Å²) < 4.78 is 4.40. The van der Waals surface area contributed by atoms with Gasteiger partial charge in [0.25, 0.3) is 0 Å². The van der Waals surface area contributed by atoms with Crippen molar-refractivity contribution in [3.05, 3.63) is 23.3 Å². The van der Waals surface area contributed by atoms with E-state index in [1.165, 1.54) is 19.2 Å². The van der Waals surface area contributed by atoms with Crippen LogP contribution in [0.1, 0.15) is 15.9 Å². The van der Waals surface area contributed by atoms with E-state index in [4.69, 9.17) is 0 Å². The maximum Gasteiger partial charge on any atom is 0.341 e. The van der Waals surface area contributed by atoms with E-state index in [2.05, 4.69) is 4.74 Å². The van der Waals surface area contributed by atoms with E-state index in [0.29, 0.717) is 5.56 Å². The number of methoxy groups -OCH3 is 1. The van der Waals surface area contributed by atoms with Crippen LogP contribution in [0.5, 0.6) is 11.5 Å². The zero-order chi connectivity index (χ0) is 10.0. The smallest absolute Gasteiger partial charge is 0.341 e. The lowest BCUT2D eigenvalue weighted by Gasteiger charge is -2.05. The molecule has 0 amide bonds. The molecule has 0 atom stereocenters. The van der Waals surface area contributed by atoms with Gasteiger partial charge in [-0.25, -0.2) is 4.79 Å². The molecule has 0 fully saturated rings. The Morgan fingerprint density at radius 1 is 1.31 bits per heavy atom. The van der Waals surface area contributed by atoms with Crippen LogP contribution < -0.4 is 0 Å². The summed E-state index contributed by atoms with van der Waals surface area (Å²) in [5, 5.41) is 18.6. The largest absolute Gasteiger partial charge is 0.504 e. The number of ether oxygens (including phenoxy) is 1. The van der Waals surface area contributed by atoms with E-state index in [9.17, 15) is 15.0 Å². The number of carbonyl (C=O) groups is 1. The van der Waals surface area contributed by atoms with Crippen molar-refractivity contribution >= 4 is 5.97 Å². The fourth-order valence-electron chi connectivity index (χ4n) is 0.955. The molecule has 0 aliphatic heterocycles. The predicted octanol–water partition coefficient (Wildman–Crippen LogP) is 1.19. The second kappa shape index (κ2) is 3.35. The summed E-state index contributed by atoms with van der Waals surface area (Å²) in [6.45, 7) is 1.62. The predicted molar refractivity (Wildman–Crippen MR) is 45.8 cm³/mol. The molecule has 4 nitrogen and oxygen atoms in total. The van der Waals surface area contributed by atoms with Gasteiger partial charge in [0.15, 0.2) is 11.5 Å². The molecule has 2 N–H and O–H groups in total. The van der Waals surface area contributed by atoms with Crippen molar-refractivity contribution in [3.63, 3.8) is 0 Å². The summed E-state index contributed by atoms with van der Waals surface area (Å²) in [5.41, 5.74) is 0.468. The van der Waals surface area contributed by atoms with E-state index in [-0.39, 0.29) is 11.3 Å². The van der Waals surface area contributed by atoms with Crippen molar-refractivity contribution in [2.24, 2.45) is 0 Å². The average Bonchev–Trinajstić information content (AvgIpc) is 2.13. The van der Waals surface area contributed by atoms with Crippen LogP contribution >= 0.6 is 0 Å². The average molecular weight is 182 g/mol. The van der Waals surface area contributed by atoms with E-state index >= 15 is 0 Å². The first-order valence-electron chi connectivity index (χ1n) is 3.67. The normalized spacial score (nSPS) is 9.69. The number of phenols is 2. The highest BCUT2D eigenvalue weighted by Crippen LogP contribution is 2.32. The molecule has 13 heavy (non-hydrogen) atoms. The number of hydrogen-bond donors (Lipinski definition) is 2. The van der Waals surface area contributed by atoms with Gasteiger partial charge in [-0.05, 0) is 18.6 Å². The van der Waals surface area contributed by atoms with Crippen LogP contribution in [0.3, 0.4) is 0 Å². The monoisotopic (exact) mass is 182 g/mol. The number of rotatable bonds is 1. The van der Waals surface area contributed by atoms with Gasteiger partial charge in [0, 0.05) is 0 Å². The van der Waals surface area contributed by atoms with Gasteiger partial charge >= 0.3 is 5.97 Å². The van der Waals surface area contributed by atoms with Gasteiger partial charge in [-0.2, -0.15) is 0 Å². The molecule has 0 radical (unpaired) electrons. The van der Waals surface area contributed by atoms with Crippen molar-refractivity contribution in [1.29, 1.82) is 0 Å². The minimum Gasteiger partial charge on any atom is -0.504 e.